The van der Waals surface area contributed by atoms with Crippen molar-refractivity contribution in [3.8, 4) is 0 Å². The van der Waals surface area contributed by atoms with Crippen LogP contribution in [0, 0.1) is 0 Å². The molecule has 14 heteroatoms. The van der Waals surface area contributed by atoms with Gasteiger partial charge in [-0.3, -0.25) is 14.4 Å². The molecule has 14 nitrogen and oxygen atoms in total. The predicted octanol–water partition coefficient (Wildman–Crippen LogP) is 0.945. The number of allylic oxidation sites excluding steroid dienone is 1. The van der Waals surface area contributed by atoms with E-state index >= 15 is 0 Å². The zero-order valence-corrected chi connectivity index (χ0v) is 19.9. The van der Waals surface area contributed by atoms with E-state index in [1.807, 2.05) is 0 Å². The lowest BCUT2D eigenvalue weighted by atomic mass is 9.76. The minimum Gasteiger partial charge on any atom is -0.478 e. The molecule has 2 amide bonds. The third kappa shape index (κ3) is 4.84. The van der Waals surface area contributed by atoms with Crippen molar-refractivity contribution in [2.45, 2.75) is 58.7 Å². The number of amides is 2. The van der Waals surface area contributed by atoms with Gasteiger partial charge in [0.25, 0.3) is 5.60 Å². The minimum atomic E-state index is -2.92. The number of carboxylic acid groups (broad SMARTS) is 1. The monoisotopic (exact) mass is 508 g/mol. The summed E-state index contributed by atoms with van der Waals surface area (Å²) in [4.78, 5) is 82.4. The van der Waals surface area contributed by atoms with Gasteiger partial charge in [0.15, 0.2) is 11.5 Å². The molecule has 1 saturated heterocycles. The Labute approximate surface area is 204 Å². The van der Waals surface area contributed by atoms with E-state index in [9.17, 15) is 33.9 Å². The van der Waals surface area contributed by atoms with E-state index in [0.717, 1.165) is 27.7 Å². The zero-order valence-electron chi connectivity index (χ0n) is 19.9. The molecule has 0 radical (unpaired) electrons. The summed E-state index contributed by atoms with van der Waals surface area (Å²) in [5, 5.41) is 10.8. The van der Waals surface area contributed by atoms with Crippen molar-refractivity contribution in [2.75, 3.05) is 13.2 Å². The lowest BCUT2D eigenvalue weighted by Gasteiger charge is -2.40. The average Bonchev–Trinajstić information content (AvgIpc) is 3.08. The van der Waals surface area contributed by atoms with Gasteiger partial charge in [0, 0.05) is 45.4 Å². The van der Waals surface area contributed by atoms with Crippen molar-refractivity contribution in [3.63, 3.8) is 0 Å². The highest BCUT2D eigenvalue weighted by atomic mass is 16.7. The summed E-state index contributed by atoms with van der Waals surface area (Å²) in [6.07, 6.45) is 0.805. The van der Waals surface area contributed by atoms with Crippen LogP contribution in [0.15, 0.2) is 27.6 Å². The second-order valence-electron chi connectivity index (χ2n) is 8.00. The summed E-state index contributed by atoms with van der Waals surface area (Å²) in [5.74, 6) is -6.68. The van der Waals surface area contributed by atoms with E-state index in [2.05, 4.69) is 4.99 Å². The summed E-state index contributed by atoms with van der Waals surface area (Å²) in [7, 11) is 0. The van der Waals surface area contributed by atoms with Gasteiger partial charge in [-0.25, -0.2) is 14.4 Å². The van der Waals surface area contributed by atoms with Crippen molar-refractivity contribution in [3.05, 3.63) is 22.6 Å². The fraction of sp³-hybridized carbons (Fsp3) is 0.500. The summed E-state index contributed by atoms with van der Waals surface area (Å²) in [6.45, 7) is 3.42. The molecular formula is C22H24N2O12. The number of aliphatic carboxylic acids is 1. The number of fused-ring (bicyclic) bond motifs is 1. The highest BCUT2D eigenvalue weighted by molar-refractivity contribution is 6.24. The van der Waals surface area contributed by atoms with E-state index in [4.69, 9.17) is 23.8 Å². The number of hydroxylamine groups is 2. The SMILES string of the molecule is CC(=O)OCC1=C(C2CCCCO2)C2=NC(=O)N(OC(C)=O)C2=C(OC(C)=O)C1(OC(C)=O)C(=O)O. The van der Waals surface area contributed by atoms with E-state index in [0.29, 0.717) is 24.3 Å². The predicted molar refractivity (Wildman–Crippen MR) is 115 cm³/mol. The first-order valence-electron chi connectivity index (χ1n) is 10.9. The Morgan fingerprint density at radius 2 is 1.75 bits per heavy atom. The van der Waals surface area contributed by atoms with Gasteiger partial charge in [0.05, 0.1) is 6.10 Å². The molecule has 0 aromatic heterocycles. The first kappa shape index (κ1) is 26.5. The third-order valence-corrected chi connectivity index (χ3v) is 5.33. The molecule has 2 aliphatic heterocycles. The van der Waals surface area contributed by atoms with Gasteiger partial charge in [-0.15, -0.1) is 5.06 Å². The van der Waals surface area contributed by atoms with Crippen molar-refractivity contribution in [1.82, 2.24) is 5.06 Å². The molecule has 2 heterocycles. The number of aliphatic imine (C=N–C) groups is 1. The van der Waals surface area contributed by atoms with E-state index in [1.54, 1.807) is 0 Å². The number of esters is 3. The topological polar surface area (TPSA) is 184 Å². The number of hydrogen-bond acceptors (Lipinski definition) is 11. The molecule has 36 heavy (non-hydrogen) atoms. The number of nitrogens with zero attached hydrogens (tertiary/aromatic N) is 2. The van der Waals surface area contributed by atoms with Crippen LogP contribution in [-0.2, 0) is 47.8 Å². The smallest absolute Gasteiger partial charge is 0.382 e. The van der Waals surface area contributed by atoms with Crippen molar-refractivity contribution in [1.29, 1.82) is 0 Å². The third-order valence-electron chi connectivity index (χ3n) is 5.33. The largest absolute Gasteiger partial charge is 0.478 e. The number of carbonyl (C=O) groups excluding carboxylic acids is 5. The lowest BCUT2D eigenvalue weighted by Crippen LogP contribution is -2.55. The molecule has 2 unspecified atom stereocenters. The molecule has 2 atom stereocenters. The van der Waals surface area contributed by atoms with Gasteiger partial charge in [-0.05, 0) is 19.3 Å². The Balaban J connectivity index is 2.46. The highest BCUT2D eigenvalue weighted by Gasteiger charge is 2.62. The number of hydrogen-bond donors (Lipinski definition) is 1. The van der Waals surface area contributed by atoms with Crippen LogP contribution in [-0.4, -0.2) is 76.7 Å². The minimum absolute atomic E-state index is 0.0338. The van der Waals surface area contributed by atoms with E-state index < -0.39 is 65.6 Å². The van der Waals surface area contributed by atoms with Crippen LogP contribution in [0.25, 0.3) is 0 Å². The molecule has 3 rings (SSSR count). The Morgan fingerprint density at radius 1 is 1.06 bits per heavy atom. The second kappa shape index (κ2) is 10.3. The van der Waals surface area contributed by atoms with Crippen LogP contribution in [0.1, 0.15) is 47.0 Å². The molecule has 0 aromatic rings. The van der Waals surface area contributed by atoms with E-state index in [-0.39, 0.29) is 23.5 Å². The number of ether oxygens (including phenoxy) is 4. The fourth-order valence-electron chi connectivity index (χ4n) is 4.15. The Morgan fingerprint density at radius 3 is 2.25 bits per heavy atom. The maximum Gasteiger partial charge on any atom is 0.382 e. The van der Waals surface area contributed by atoms with Gasteiger partial charge in [0.1, 0.15) is 12.3 Å². The van der Waals surface area contributed by atoms with Crippen LogP contribution in [0.3, 0.4) is 0 Å². The molecule has 0 bridgehead atoms. The first-order valence-corrected chi connectivity index (χ1v) is 10.9. The lowest BCUT2D eigenvalue weighted by molar-refractivity contribution is -0.177. The number of urea groups is 1. The second-order valence-corrected chi connectivity index (χ2v) is 8.00. The van der Waals surface area contributed by atoms with Gasteiger partial charge in [0.2, 0.25) is 0 Å². The molecular weight excluding hydrogens is 484 g/mol. The fourth-order valence-corrected chi connectivity index (χ4v) is 4.15. The first-order chi connectivity index (χ1) is 16.9. The van der Waals surface area contributed by atoms with Crippen molar-refractivity contribution < 1.29 is 57.7 Å². The standard InChI is InChI=1S/C22H24N2O12/c1-10(25)33-9-14-16(15-7-5-6-8-32-15)17-18(24(21(31)23-17)36-13(4)28)19(34-11(2)26)22(14,20(29)30)35-12(3)27/h15H,5-9H2,1-4H3,(H,29,30). The number of rotatable bonds is 7. The molecule has 0 spiro atoms. The normalized spacial score (nSPS) is 23.6. The average molecular weight is 508 g/mol. The number of carboxylic acids is 1. The van der Waals surface area contributed by atoms with Crippen LogP contribution in [0.5, 0.6) is 0 Å². The molecule has 194 valence electrons. The molecule has 0 aromatic carbocycles. The van der Waals surface area contributed by atoms with Gasteiger partial charge in [-0.2, -0.15) is 4.99 Å². The number of carbonyl (C=O) groups is 6. The Bertz CT molecular complexity index is 1130. The summed E-state index contributed by atoms with van der Waals surface area (Å²) in [5.41, 5.74) is -4.09. The quantitative estimate of drug-likeness (QED) is 0.380. The zero-order chi connectivity index (χ0) is 26.8. The van der Waals surface area contributed by atoms with Crippen LogP contribution in [0.4, 0.5) is 4.79 Å². The van der Waals surface area contributed by atoms with Crippen molar-refractivity contribution >= 4 is 41.6 Å². The highest BCUT2D eigenvalue weighted by Crippen LogP contribution is 2.46. The molecule has 1 aliphatic carbocycles. The summed E-state index contributed by atoms with van der Waals surface area (Å²) < 4.78 is 21.5. The molecule has 3 aliphatic rings. The maximum atomic E-state index is 12.9. The van der Waals surface area contributed by atoms with Crippen LogP contribution in [0.2, 0.25) is 0 Å². The van der Waals surface area contributed by atoms with E-state index in [1.165, 1.54) is 0 Å². The molecule has 1 fully saturated rings. The Kier molecular flexibility index (Phi) is 7.57. The maximum absolute atomic E-state index is 12.9. The van der Waals surface area contributed by atoms with Gasteiger partial charge in [-0.1, -0.05) is 0 Å². The van der Waals surface area contributed by atoms with Gasteiger partial charge >= 0.3 is 35.9 Å². The molecule has 0 saturated carbocycles. The van der Waals surface area contributed by atoms with Gasteiger partial charge < -0.3 is 28.9 Å². The molecule has 1 N–H and O–H groups in total. The van der Waals surface area contributed by atoms with Crippen LogP contribution < -0.4 is 0 Å². The van der Waals surface area contributed by atoms with Crippen molar-refractivity contribution in [2.24, 2.45) is 4.99 Å². The summed E-state index contributed by atoms with van der Waals surface area (Å²) >= 11 is 0. The Hall–Kier alpha value is -4.07. The van der Waals surface area contributed by atoms with Crippen LogP contribution >= 0.6 is 0 Å². The summed E-state index contributed by atoms with van der Waals surface area (Å²) in [6, 6.07) is -1.15.